The summed E-state index contributed by atoms with van der Waals surface area (Å²) in [7, 11) is 1.63. The van der Waals surface area contributed by atoms with Crippen LogP contribution in [0, 0.1) is 0 Å². The maximum absolute atomic E-state index is 12.0. The molecule has 4 rings (SSSR count). The molecule has 0 atom stereocenters. The highest BCUT2D eigenvalue weighted by Crippen LogP contribution is 2.32. The second-order valence-corrected chi connectivity index (χ2v) is 6.45. The number of fused-ring (bicyclic) bond motifs is 2. The molecule has 0 saturated carbocycles. The van der Waals surface area contributed by atoms with E-state index in [1.807, 2.05) is 42.5 Å². The molecule has 0 fully saturated rings. The van der Waals surface area contributed by atoms with E-state index in [4.69, 9.17) is 18.9 Å². The lowest BCUT2D eigenvalue weighted by atomic mass is 9.98. The number of carbonyl (C=O) groups is 1. The van der Waals surface area contributed by atoms with Crippen LogP contribution in [-0.2, 0) is 9.47 Å². The summed E-state index contributed by atoms with van der Waals surface area (Å²) in [4.78, 5) is 16.5. The summed E-state index contributed by atoms with van der Waals surface area (Å²) in [6.07, 6.45) is 0.440. The first kappa shape index (κ1) is 18.4. The minimum Gasteiger partial charge on any atom is -0.492 e. The van der Waals surface area contributed by atoms with E-state index in [0.29, 0.717) is 43.4 Å². The van der Waals surface area contributed by atoms with Crippen LogP contribution in [0.15, 0.2) is 48.5 Å². The Kier molecular flexibility index (Phi) is 5.50. The van der Waals surface area contributed by atoms with E-state index in [1.54, 1.807) is 7.11 Å². The topological polar surface area (TPSA) is 66.9 Å². The third-order valence-corrected chi connectivity index (χ3v) is 4.59. The summed E-state index contributed by atoms with van der Waals surface area (Å²) in [5.41, 5.74) is 3.53. The summed E-state index contributed by atoms with van der Waals surface area (Å²) < 4.78 is 21.4. The number of ether oxygens (including phenoxy) is 4. The van der Waals surface area contributed by atoms with Crippen LogP contribution in [0.5, 0.6) is 11.6 Å². The molecule has 1 aromatic heterocycles. The highest BCUT2D eigenvalue weighted by Gasteiger charge is 2.18. The Balaban J connectivity index is 1.52. The van der Waals surface area contributed by atoms with Gasteiger partial charge in [0.25, 0.3) is 0 Å². The van der Waals surface area contributed by atoms with Crippen molar-refractivity contribution in [3.8, 4) is 22.8 Å². The number of nitrogens with zero attached hydrogens (tertiary/aromatic N) is 1. The number of benzene rings is 2. The van der Waals surface area contributed by atoms with Crippen molar-refractivity contribution < 1.29 is 23.7 Å². The molecule has 0 unspecified atom stereocenters. The molecule has 0 amide bonds. The molecule has 28 heavy (non-hydrogen) atoms. The van der Waals surface area contributed by atoms with Crippen molar-refractivity contribution in [1.82, 2.24) is 4.98 Å². The average molecular weight is 379 g/mol. The van der Waals surface area contributed by atoms with E-state index >= 15 is 0 Å². The standard InChI is InChI=1S/C22H21NO5/c1-25-10-11-26-14-28-22-7-4-17-12-15(3-6-19(17)23-22)16-2-5-18-20(24)8-9-27-21(18)13-16/h2-7,12-13H,8-11,14H2,1H3. The van der Waals surface area contributed by atoms with Crippen molar-refractivity contribution >= 4 is 16.7 Å². The van der Waals surface area contributed by atoms with Crippen LogP contribution in [0.2, 0.25) is 0 Å². The Morgan fingerprint density at radius 2 is 1.89 bits per heavy atom. The zero-order chi connectivity index (χ0) is 19.3. The molecule has 3 aromatic rings. The molecule has 0 bridgehead atoms. The van der Waals surface area contributed by atoms with E-state index in [2.05, 4.69) is 11.1 Å². The first-order chi connectivity index (χ1) is 13.7. The predicted octanol–water partition coefficient (Wildman–Crippen LogP) is 3.87. The minimum atomic E-state index is 0.133. The molecule has 0 N–H and O–H groups in total. The van der Waals surface area contributed by atoms with Gasteiger partial charge < -0.3 is 18.9 Å². The van der Waals surface area contributed by atoms with Gasteiger partial charge >= 0.3 is 0 Å². The Bertz CT molecular complexity index is 1000. The summed E-state index contributed by atoms with van der Waals surface area (Å²) in [5, 5.41) is 1.000. The fourth-order valence-corrected chi connectivity index (χ4v) is 3.11. The van der Waals surface area contributed by atoms with Crippen LogP contribution in [0.3, 0.4) is 0 Å². The van der Waals surface area contributed by atoms with Gasteiger partial charge in [0, 0.05) is 25.0 Å². The van der Waals surface area contributed by atoms with Crippen molar-refractivity contribution in [2.24, 2.45) is 0 Å². The van der Waals surface area contributed by atoms with Gasteiger partial charge in [-0.05, 0) is 41.5 Å². The minimum absolute atomic E-state index is 0.133. The quantitative estimate of drug-likeness (QED) is 0.459. The summed E-state index contributed by atoms with van der Waals surface area (Å²) in [6.45, 7) is 1.57. The van der Waals surface area contributed by atoms with Crippen LogP contribution < -0.4 is 9.47 Å². The molecule has 2 heterocycles. The Morgan fingerprint density at radius 1 is 1.04 bits per heavy atom. The molecule has 0 saturated heterocycles. The van der Waals surface area contributed by atoms with Gasteiger partial charge in [0.1, 0.15) is 5.75 Å². The zero-order valence-corrected chi connectivity index (χ0v) is 15.6. The third kappa shape index (κ3) is 3.98. The number of methoxy groups -OCH3 is 1. The lowest BCUT2D eigenvalue weighted by Gasteiger charge is -2.17. The van der Waals surface area contributed by atoms with Gasteiger partial charge in [0.15, 0.2) is 12.6 Å². The van der Waals surface area contributed by atoms with Gasteiger partial charge in [0.05, 0.1) is 30.9 Å². The first-order valence-corrected chi connectivity index (χ1v) is 9.15. The number of carbonyl (C=O) groups excluding carboxylic acids is 1. The Morgan fingerprint density at radius 3 is 2.79 bits per heavy atom. The van der Waals surface area contributed by atoms with Crippen molar-refractivity contribution in [3.05, 3.63) is 54.1 Å². The monoisotopic (exact) mass is 379 g/mol. The summed E-state index contributed by atoms with van der Waals surface area (Å²) in [5.74, 6) is 1.30. The molecular weight excluding hydrogens is 358 g/mol. The number of pyridine rings is 1. The van der Waals surface area contributed by atoms with E-state index in [1.165, 1.54) is 0 Å². The molecule has 0 spiro atoms. The van der Waals surface area contributed by atoms with Crippen molar-refractivity contribution in [2.75, 3.05) is 33.7 Å². The highest BCUT2D eigenvalue weighted by atomic mass is 16.7. The molecule has 2 aromatic carbocycles. The Hall–Kier alpha value is -2.96. The maximum Gasteiger partial charge on any atom is 0.216 e. The van der Waals surface area contributed by atoms with Crippen molar-refractivity contribution in [3.63, 3.8) is 0 Å². The van der Waals surface area contributed by atoms with Crippen LogP contribution in [0.1, 0.15) is 16.8 Å². The number of aromatic nitrogens is 1. The van der Waals surface area contributed by atoms with E-state index in [-0.39, 0.29) is 12.6 Å². The first-order valence-electron chi connectivity index (χ1n) is 9.15. The number of hydrogen-bond donors (Lipinski definition) is 0. The fourth-order valence-electron chi connectivity index (χ4n) is 3.11. The normalized spacial score (nSPS) is 13.2. The van der Waals surface area contributed by atoms with E-state index in [0.717, 1.165) is 22.0 Å². The highest BCUT2D eigenvalue weighted by molar-refractivity contribution is 6.00. The molecule has 0 aliphatic carbocycles. The van der Waals surface area contributed by atoms with Crippen LogP contribution in [-0.4, -0.2) is 44.5 Å². The van der Waals surface area contributed by atoms with E-state index in [9.17, 15) is 4.79 Å². The van der Waals surface area contributed by atoms with Gasteiger partial charge in [-0.3, -0.25) is 4.79 Å². The number of ketones is 1. The van der Waals surface area contributed by atoms with Crippen molar-refractivity contribution in [2.45, 2.75) is 6.42 Å². The number of hydrogen-bond acceptors (Lipinski definition) is 6. The van der Waals surface area contributed by atoms with Gasteiger partial charge in [-0.25, -0.2) is 4.98 Å². The number of Topliss-reactive ketones (excluding diaryl/α,β-unsaturated/α-hetero) is 1. The van der Waals surface area contributed by atoms with Crippen LogP contribution in [0.25, 0.3) is 22.0 Å². The van der Waals surface area contributed by atoms with Crippen LogP contribution >= 0.6 is 0 Å². The lowest BCUT2D eigenvalue weighted by molar-refractivity contribution is -0.0103. The zero-order valence-electron chi connectivity index (χ0n) is 15.6. The number of rotatable bonds is 7. The molecule has 144 valence electrons. The molecule has 6 nitrogen and oxygen atoms in total. The van der Waals surface area contributed by atoms with Gasteiger partial charge in [0.2, 0.25) is 5.88 Å². The average Bonchev–Trinajstić information content (AvgIpc) is 2.73. The second-order valence-electron chi connectivity index (χ2n) is 6.45. The molecule has 6 heteroatoms. The molecular formula is C22H21NO5. The largest absolute Gasteiger partial charge is 0.492 e. The molecule has 1 aliphatic rings. The fraction of sp³-hybridized carbons (Fsp3) is 0.273. The third-order valence-electron chi connectivity index (χ3n) is 4.59. The molecule has 0 radical (unpaired) electrons. The SMILES string of the molecule is COCCOCOc1ccc2cc(-c3ccc4c(c3)OCCC4=O)ccc2n1. The lowest BCUT2D eigenvalue weighted by Crippen LogP contribution is -2.15. The van der Waals surface area contributed by atoms with Crippen LogP contribution in [0.4, 0.5) is 0 Å². The van der Waals surface area contributed by atoms with Gasteiger partial charge in [-0.15, -0.1) is 0 Å². The van der Waals surface area contributed by atoms with E-state index < -0.39 is 0 Å². The summed E-state index contributed by atoms with van der Waals surface area (Å²) in [6, 6.07) is 15.5. The maximum atomic E-state index is 12.0. The smallest absolute Gasteiger partial charge is 0.216 e. The van der Waals surface area contributed by atoms with Crippen molar-refractivity contribution in [1.29, 1.82) is 0 Å². The second kappa shape index (κ2) is 8.37. The Labute approximate surface area is 163 Å². The van der Waals surface area contributed by atoms with Gasteiger partial charge in [-0.2, -0.15) is 0 Å². The summed E-state index contributed by atoms with van der Waals surface area (Å²) >= 11 is 0. The van der Waals surface area contributed by atoms with Gasteiger partial charge in [-0.1, -0.05) is 12.1 Å². The predicted molar refractivity (Wildman–Crippen MR) is 105 cm³/mol. The molecule has 1 aliphatic heterocycles.